The zero-order valence-corrected chi connectivity index (χ0v) is 15.0. The van der Waals surface area contributed by atoms with E-state index in [1.54, 1.807) is 13.2 Å². The van der Waals surface area contributed by atoms with Gasteiger partial charge >= 0.3 is 0 Å². The molecule has 0 saturated carbocycles. The standard InChI is InChI=1S/C12H23N5S.HI/c1-13-12(14-7-4-5-9-18-3)15-10-11-6-8-16-17(11)2;/h6,8H,4-5,7,9-10H2,1-3H3,(H2,13,14,15);1H. The van der Waals surface area contributed by atoms with Crippen molar-refractivity contribution in [3.8, 4) is 0 Å². The number of aromatic nitrogens is 2. The molecule has 7 heteroatoms. The molecule has 1 aromatic rings. The Balaban J connectivity index is 0.00000324. The Morgan fingerprint density at radius 3 is 2.79 bits per heavy atom. The minimum Gasteiger partial charge on any atom is -0.356 e. The third-order valence-electron chi connectivity index (χ3n) is 2.65. The van der Waals surface area contributed by atoms with Crippen LogP contribution in [0.2, 0.25) is 0 Å². The number of nitrogens with one attached hydrogen (secondary N) is 2. The van der Waals surface area contributed by atoms with Crippen LogP contribution in [0.3, 0.4) is 0 Å². The second-order valence-corrected chi connectivity index (χ2v) is 4.98. The first-order valence-corrected chi connectivity index (χ1v) is 7.57. The average Bonchev–Trinajstić information content (AvgIpc) is 2.78. The van der Waals surface area contributed by atoms with Gasteiger partial charge in [0.15, 0.2) is 5.96 Å². The van der Waals surface area contributed by atoms with E-state index in [0.29, 0.717) is 0 Å². The molecule has 0 aliphatic carbocycles. The van der Waals surface area contributed by atoms with Gasteiger partial charge in [-0.2, -0.15) is 16.9 Å². The van der Waals surface area contributed by atoms with Gasteiger partial charge < -0.3 is 10.6 Å². The third kappa shape index (κ3) is 7.66. The van der Waals surface area contributed by atoms with Crippen LogP contribution in [0, 0.1) is 0 Å². The monoisotopic (exact) mass is 397 g/mol. The Bertz CT molecular complexity index is 367. The maximum Gasteiger partial charge on any atom is 0.191 e. The zero-order valence-electron chi connectivity index (χ0n) is 11.8. The fourth-order valence-electron chi connectivity index (χ4n) is 1.55. The van der Waals surface area contributed by atoms with E-state index >= 15 is 0 Å². The minimum absolute atomic E-state index is 0. The molecule has 0 fully saturated rings. The number of hydrogen-bond acceptors (Lipinski definition) is 3. The van der Waals surface area contributed by atoms with E-state index in [4.69, 9.17) is 0 Å². The number of aliphatic imine (C=N–C) groups is 1. The lowest BCUT2D eigenvalue weighted by molar-refractivity contribution is 0.678. The first kappa shape index (κ1) is 18.6. The molecule has 1 heterocycles. The SMILES string of the molecule is CN=C(NCCCCSC)NCc1ccnn1C.I. The largest absolute Gasteiger partial charge is 0.356 e. The Morgan fingerprint density at radius 1 is 1.42 bits per heavy atom. The van der Waals surface area contributed by atoms with Crippen molar-refractivity contribution in [3.63, 3.8) is 0 Å². The maximum absolute atomic E-state index is 4.19. The summed E-state index contributed by atoms with van der Waals surface area (Å²) in [4.78, 5) is 4.19. The first-order valence-electron chi connectivity index (χ1n) is 6.18. The number of nitrogens with zero attached hydrogens (tertiary/aromatic N) is 3. The van der Waals surface area contributed by atoms with Gasteiger partial charge in [0, 0.05) is 26.8 Å². The summed E-state index contributed by atoms with van der Waals surface area (Å²) in [6, 6.07) is 2.00. The van der Waals surface area contributed by atoms with Crippen molar-refractivity contribution < 1.29 is 0 Å². The molecule has 0 amide bonds. The van der Waals surface area contributed by atoms with Gasteiger partial charge in [0.25, 0.3) is 0 Å². The smallest absolute Gasteiger partial charge is 0.191 e. The van der Waals surface area contributed by atoms with E-state index in [0.717, 1.165) is 24.7 Å². The number of thioether (sulfide) groups is 1. The first-order chi connectivity index (χ1) is 8.77. The van der Waals surface area contributed by atoms with Gasteiger partial charge in [-0.25, -0.2) is 0 Å². The van der Waals surface area contributed by atoms with Crippen LogP contribution in [0.25, 0.3) is 0 Å². The normalized spacial score (nSPS) is 11.0. The predicted molar refractivity (Wildman–Crippen MR) is 94.4 cm³/mol. The molecule has 0 bridgehead atoms. The van der Waals surface area contributed by atoms with Crippen LogP contribution in [0.1, 0.15) is 18.5 Å². The molecule has 0 radical (unpaired) electrons. The number of aryl methyl sites for hydroxylation is 1. The Hall–Kier alpha value is -0.440. The molecule has 110 valence electrons. The van der Waals surface area contributed by atoms with Crippen molar-refractivity contribution in [3.05, 3.63) is 18.0 Å². The highest BCUT2D eigenvalue weighted by Crippen LogP contribution is 1.98. The van der Waals surface area contributed by atoms with Crippen molar-refractivity contribution in [2.75, 3.05) is 25.6 Å². The van der Waals surface area contributed by atoms with Gasteiger partial charge in [0.05, 0.1) is 12.2 Å². The van der Waals surface area contributed by atoms with Crippen molar-refractivity contribution in [2.45, 2.75) is 19.4 Å². The van der Waals surface area contributed by atoms with Gasteiger partial charge in [-0.3, -0.25) is 9.67 Å². The van der Waals surface area contributed by atoms with Crippen molar-refractivity contribution >= 4 is 41.7 Å². The van der Waals surface area contributed by atoms with Crippen LogP contribution in [-0.2, 0) is 13.6 Å². The number of rotatable bonds is 7. The van der Waals surface area contributed by atoms with E-state index in [-0.39, 0.29) is 24.0 Å². The second kappa shape index (κ2) is 11.4. The highest BCUT2D eigenvalue weighted by molar-refractivity contribution is 14.0. The lowest BCUT2D eigenvalue weighted by Crippen LogP contribution is -2.37. The molecule has 0 aromatic carbocycles. The molecule has 0 aliphatic rings. The van der Waals surface area contributed by atoms with Gasteiger partial charge in [0.2, 0.25) is 0 Å². The summed E-state index contributed by atoms with van der Waals surface area (Å²) in [5, 5.41) is 10.7. The predicted octanol–water partition coefficient (Wildman–Crippen LogP) is 1.85. The molecule has 1 aromatic heterocycles. The summed E-state index contributed by atoms with van der Waals surface area (Å²) in [6.45, 7) is 1.70. The van der Waals surface area contributed by atoms with E-state index in [1.807, 2.05) is 29.6 Å². The van der Waals surface area contributed by atoms with Crippen LogP contribution in [0.5, 0.6) is 0 Å². The molecule has 0 unspecified atom stereocenters. The lowest BCUT2D eigenvalue weighted by atomic mass is 10.3. The molecule has 0 aliphatic heterocycles. The Morgan fingerprint density at radius 2 is 2.21 bits per heavy atom. The summed E-state index contributed by atoms with van der Waals surface area (Å²) in [7, 11) is 3.73. The van der Waals surface area contributed by atoms with Crippen molar-refractivity contribution in [1.82, 2.24) is 20.4 Å². The fraction of sp³-hybridized carbons (Fsp3) is 0.667. The van der Waals surface area contributed by atoms with Gasteiger partial charge in [-0.15, -0.1) is 24.0 Å². The molecule has 2 N–H and O–H groups in total. The summed E-state index contributed by atoms with van der Waals surface area (Å²) in [5.74, 6) is 2.07. The fourth-order valence-corrected chi connectivity index (χ4v) is 2.04. The molecule has 0 saturated heterocycles. The van der Waals surface area contributed by atoms with E-state index in [2.05, 4.69) is 27.0 Å². The van der Waals surface area contributed by atoms with Crippen LogP contribution >= 0.6 is 35.7 Å². The Kier molecular flexibility index (Phi) is 11.1. The van der Waals surface area contributed by atoms with Crippen LogP contribution < -0.4 is 10.6 Å². The average molecular weight is 397 g/mol. The topological polar surface area (TPSA) is 54.2 Å². The second-order valence-electron chi connectivity index (χ2n) is 4.00. The van der Waals surface area contributed by atoms with E-state index in [9.17, 15) is 0 Å². The zero-order chi connectivity index (χ0) is 13.2. The van der Waals surface area contributed by atoms with Crippen molar-refractivity contribution in [2.24, 2.45) is 12.0 Å². The number of unbranched alkanes of at least 4 members (excludes halogenated alkanes) is 1. The summed E-state index contributed by atoms with van der Waals surface area (Å²) >= 11 is 1.89. The van der Waals surface area contributed by atoms with E-state index in [1.165, 1.54) is 18.6 Å². The van der Waals surface area contributed by atoms with Crippen LogP contribution in [-0.4, -0.2) is 41.3 Å². The highest BCUT2D eigenvalue weighted by atomic mass is 127. The van der Waals surface area contributed by atoms with Gasteiger partial charge in [-0.05, 0) is 30.9 Å². The highest BCUT2D eigenvalue weighted by Gasteiger charge is 2.00. The quantitative estimate of drug-likeness (QED) is 0.319. The number of hydrogen-bond donors (Lipinski definition) is 2. The molecule has 0 atom stereocenters. The number of guanidine groups is 1. The molecular formula is C12H24IN5S. The van der Waals surface area contributed by atoms with Gasteiger partial charge in [0.1, 0.15) is 0 Å². The molecule has 1 rings (SSSR count). The van der Waals surface area contributed by atoms with Gasteiger partial charge in [-0.1, -0.05) is 0 Å². The summed E-state index contributed by atoms with van der Waals surface area (Å²) in [6.07, 6.45) is 6.36. The van der Waals surface area contributed by atoms with Crippen molar-refractivity contribution in [1.29, 1.82) is 0 Å². The molecule has 5 nitrogen and oxygen atoms in total. The number of halogens is 1. The molecule has 0 spiro atoms. The molecule has 19 heavy (non-hydrogen) atoms. The third-order valence-corrected chi connectivity index (χ3v) is 3.35. The summed E-state index contributed by atoms with van der Waals surface area (Å²) in [5.41, 5.74) is 1.14. The van der Waals surface area contributed by atoms with E-state index < -0.39 is 0 Å². The lowest BCUT2D eigenvalue weighted by Gasteiger charge is -2.11. The van der Waals surface area contributed by atoms with Crippen LogP contribution in [0.15, 0.2) is 17.3 Å². The molecular weight excluding hydrogens is 373 g/mol. The summed E-state index contributed by atoms with van der Waals surface area (Å²) < 4.78 is 1.86. The van der Waals surface area contributed by atoms with Crippen LogP contribution in [0.4, 0.5) is 0 Å². The minimum atomic E-state index is 0. The Labute approximate surface area is 137 Å². The maximum atomic E-state index is 4.19.